The van der Waals surface area contributed by atoms with Gasteiger partial charge in [0.25, 0.3) is 14.7 Å². The maximum absolute atomic E-state index is 13.7. The summed E-state index contributed by atoms with van der Waals surface area (Å²) in [5, 5.41) is 13.1. The van der Waals surface area contributed by atoms with Gasteiger partial charge in [0.1, 0.15) is 16.4 Å². The van der Waals surface area contributed by atoms with Crippen molar-refractivity contribution in [1.82, 2.24) is 0 Å². The second-order valence-corrected chi connectivity index (χ2v) is 7.18. The van der Waals surface area contributed by atoms with Gasteiger partial charge in [0, 0.05) is 29.2 Å². The van der Waals surface area contributed by atoms with Crippen LogP contribution in [0.4, 0.5) is 15.8 Å². The number of nitrogens with zero attached hydrogens (tertiary/aromatic N) is 1. The Morgan fingerprint density at radius 2 is 2.05 bits per heavy atom. The number of benzene rings is 1. The fourth-order valence-corrected chi connectivity index (χ4v) is 2.45. The van der Waals surface area contributed by atoms with Crippen molar-refractivity contribution in [1.29, 1.82) is 0 Å². The van der Waals surface area contributed by atoms with Gasteiger partial charge in [-0.2, -0.15) is 0 Å². The van der Waals surface area contributed by atoms with Crippen LogP contribution >= 0.6 is 10.7 Å². The second kappa shape index (κ2) is 6.35. The van der Waals surface area contributed by atoms with E-state index in [0.717, 1.165) is 0 Å². The predicted molar refractivity (Wildman–Crippen MR) is 74.2 cm³/mol. The van der Waals surface area contributed by atoms with Crippen molar-refractivity contribution in [3.05, 3.63) is 28.1 Å². The highest BCUT2D eigenvalue weighted by molar-refractivity contribution is 8.13. The van der Waals surface area contributed by atoms with Gasteiger partial charge in [0.05, 0.1) is 4.92 Å². The quantitative estimate of drug-likeness (QED) is 0.504. The summed E-state index contributed by atoms with van der Waals surface area (Å²) in [4.78, 5) is 20.5. The van der Waals surface area contributed by atoms with Crippen molar-refractivity contribution < 1.29 is 22.5 Å². The fourth-order valence-electron chi connectivity index (χ4n) is 1.55. The van der Waals surface area contributed by atoms with Crippen molar-refractivity contribution in [3.8, 4) is 0 Å². The molecule has 0 aliphatic rings. The molecule has 0 atom stereocenters. The van der Waals surface area contributed by atoms with Crippen LogP contribution in [-0.2, 0) is 13.8 Å². The lowest BCUT2D eigenvalue weighted by molar-refractivity contribution is -0.384. The lowest BCUT2D eigenvalue weighted by atomic mass is 10.1. The maximum Gasteiger partial charge on any atom is 0.294 e. The number of carbonyl (C=O) groups is 1. The van der Waals surface area contributed by atoms with Gasteiger partial charge in [-0.1, -0.05) is 13.8 Å². The molecule has 0 heterocycles. The van der Waals surface area contributed by atoms with Gasteiger partial charge in [-0.15, -0.1) is 0 Å². The molecule has 1 N–H and O–H groups in total. The Balaban J connectivity index is 3.30. The molecule has 0 aromatic heterocycles. The Morgan fingerprint density at radius 1 is 1.48 bits per heavy atom. The zero-order valence-electron chi connectivity index (χ0n) is 11.1. The summed E-state index contributed by atoms with van der Waals surface area (Å²) in [5.74, 6) is -1.83. The smallest absolute Gasteiger partial charge is 0.294 e. The summed E-state index contributed by atoms with van der Waals surface area (Å²) < 4.78 is 35.9. The van der Waals surface area contributed by atoms with E-state index in [1.165, 1.54) is 0 Å². The van der Waals surface area contributed by atoms with Crippen LogP contribution in [0, 0.1) is 21.8 Å². The Hall–Kier alpha value is -1.74. The lowest BCUT2D eigenvalue weighted by Gasteiger charge is -2.09. The minimum absolute atomic E-state index is 0.00334. The van der Waals surface area contributed by atoms with Gasteiger partial charge in [-0.05, 0) is 5.92 Å². The molecular formula is C11H12ClFN2O5S. The first kappa shape index (κ1) is 17.3. The van der Waals surface area contributed by atoms with Gasteiger partial charge in [-0.3, -0.25) is 14.9 Å². The Labute approximate surface area is 124 Å². The van der Waals surface area contributed by atoms with E-state index >= 15 is 0 Å². The van der Waals surface area contributed by atoms with Gasteiger partial charge < -0.3 is 5.32 Å². The molecule has 1 amide bonds. The van der Waals surface area contributed by atoms with E-state index in [0.29, 0.717) is 12.1 Å². The van der Waals surface area contributed by atoms with Crippen molar-refractivity contribution in [2.75, 3.05) is 5.32 Å². The number of rotatable bonds is 5. The summed E-state index contributed by atoms with van der Waals surface area (Å²) in [6.45, 7) is 3.52. The SMILES string of the molecule is CC(C)CC(=O)Nc1cc(F)c(S(=O)(=O)Cl)cc1[N+](=O)[O-]. The molecule has 21 heavy (non-hydrogen) atoms. The number of anilines is 1. The number of amides is 1. The van der Waals surface area contributed by atoms with Crippen LogP contribution in [-0.4, -0.2) is 19.2 Å². The van der Waals surface area contributed by atoms with E-state index in [1.807, 2.05) is 0 Å². The van der Waals surface area contributed by atoms with Crippen LogP contribution in [0.1, 0.15) is 20.3 Å². The largest absolute Gasteiger partial charge is 0.320 e. The molecule has 0 aliphatic heterocycles. The minimum atomic E-state index is -4.47. The second-order valence-electron chi connectivity index (χ2n) is 4.64. The van der Waals surface area contributed by atoms with E-state index in [2.05, 4.69) is 5.32 Å². The van der Waals surface area contributed by atoms with E-state index < -0.39 is 42.0 Å². The highest BCUT2D eigenvalue weighted by atomic mass is 35.7. The van der Waals surface area contributed by atoms with Crippen molar-refractivity contribution in [3.63, 3.8) is 0 Å². The molecule has 1 rings (SSSR count). The van der Waals surface area contributed by atoms with Crippen LogP contribution in [0.25, 0.3) is 0 Å². The number of halogens is 2. The topological polar surface area (TPSA) is 106 Å². The Bertz CT molecular complexity index is 690. The highest BCUT2D eigenvalue weighted by Gasteiger charge is 2.25. The first-order valence-corrected chi connectivity index (χ1v) is 8.05. The van der Waals surface area contributed by atoms with Crippen LogP contribution in [0.5, 0.6) is 0 Å². The normalized spacial score (nSPS) is 11.5. The molecule has 7 nitrogen and oxygen atoms in total. The van der Waals surface area contributed by atoms with E-state index in [9.17, 15) is 27.7 Å². The number of hydrogen-bond acceptors (Lipinski definition) is 5. The number of nitro benzene ring substituents is 1. The maximum atomic E-state index is 13.7. The molecule has 116 valence electrons. The van der Waals surface area contributed by atoms with Crippen molar-refractivity contribution in [2.24, 2.45) is 5.92 Å². The standard InChI is InChI=1S/C11H12ClFN2O5S/c1-6(2)3-11(16)14-8-4-7(13)10(21(12,19)20)5-9(8)15(17)18/h4-6H,3H2,1-2H3,(H,14,16). The summed E-state index contributed by atoms with van der Waals surface area (Å²) in [6.07, 6.45) is 0.0777. The van der Waals surface area contributed by atoms with E-state index in [-0.39, 0.29) is 12.3 Å². The number of carbonyl (C=O) groups excluding carboxylic acids is 1. The average Bonchev–Trinajstić information content (AvgIpc) is 2.24. The number of hydrogen-bond donors (Lipinski definition) is 1. The zero-order chi connectivity index (χ0) is 16.4. The highest BCUT2D eigenvalue weighted by Crippen LogP contribution is 2.31. The predicted octanol–water partition coefficient (Wildman–Crippen LogP) is 2.65. The molecule has 1 aromatic rings. The third-order valence-corrected chi connectivity index (χ3v) is 3.71. The first-order valence-electron chi connectivity index (χ1n) is 5.74. The molecule has 0 unspecified atom stereocenters. The average molecular weight is 339 g/mol. The summed E-state index contributed by atoms with van der Waals surface area (Å²) in [5.41, 5.74) is -1.18. The third-order valence-electron chi connectivity index (χ3n) is 2.38. The Morgan fingerprint density at radius 3 is 2.48 bits per heavy atom. The van der Waals surface area contributed by atoms with Crippen molar-refractivity contribution >= 4 is 37.0 Å². The molecule has 0 radical (unpaired) electrons. The summed E-state index contributed by atoms with van der Waals surface area (Å²) in [7, 11) is 0.516. The fraction of sp³-hybridized carbons (Fsp3) is 0.364. The molecule has 0 bridgehead atoms. The molecule has 0 aliphatic carbocycles. The van der Waals surface area contributed by atoms with Gasteiger partial charge in [0.2, 0.25) is 5.91 Å². The van der Waals surface area contributed by atoms with Gasteiger partial charge in [0.15, 0.2) is 0 Å². The Kier molecular flexibility index (Phi) is 5.24. The molecule has 0 saturated heterocycles. The zero-order valence-corrected chi connectivity index (χ0v) is 12.7. The number of nitrogens with one attached hydrogen (secondary N) is 1. The van der Waals surface area contributed by atoms with Gasteiger partial charge >= 0.3 is 0 Å². The van der Waals surface area contributed by atoms with E-state index in [4.69, 9.17) is 10.7 Å². The van der Waals surface area contributed by atoms with Crippen LogP contribution in [0.3, 0.4) is 0 Å². The molecule has 10 heteroatoms. The lowest BCUT2D eigenvalue weighted by Crippen LogP contribution is -2.15. The van der Waals surface area contributed by atoms with Gasteiger partial charge in [-0.25, -0.2) is 12.8 Å². The minimum Gasteiger partial charge on any atom is -0.320 e. The molecule has 0 fully saturated rings. The third kappa shape index (κ3) is 4.64. The number of nitro groups is 1. The first-order chi connectivity index (χ1) is 9.52. The summed E-state index contributed by atoms with van der Waals surface area (Å²) >= 11 is 0. The summed E-state index contributed by atoms with van der Waals surface area (Å²) in [6, 6.07) is 1.04. The molecule has 0 saturated carbocycles. The molecular weight excluding hydrogens is 327 g/mol. The van der Waals surface area contributed by atoms with E-state index in [1.54, 1.807) is 13.8 Å². The van der Waals surface area contributed by atoms with Crippen LogP contribution in [0.15, 0.2) is 17.0 Å². The molecule has 1 aromatic carbocycles. The van der Waals surface area contributed by atoms with Crippen LogP contribution in [0.2, 0.25) is 0 Å². The van der Waals surface area contributed by atoms with Crippen LogP contribution < -0.4 is 5.32 Å². The van der Waals surface area contributed by atoms with Crippen molar-refractivity contribution in [2.45, 2.75) is 25.2 Å². The monoisotopic (exact) mass is 338 g/mol. The molecule has 0 spiro atoms.